The van der Waals surface area contributed by atoms with Crippen molar-refractivity contribution < 1.29 is 8.42 Å². The van der Waals surface area contributed by atoms with Gasteiger partial charge in [0, 0.05) is 5.02 Å². The van der Waals surface area contributed by atoms with Crippen LogP contribution < -0.4 is 16.3 Å². The van der Waals surface area contributed by atoms with Crippen molar-refractivity contribution in [3.63, 3.8) is 0 Å². The molecule has 0 saturated carbocycles. The summed E-state index contributed by atoms with van der Waals surface area (Å²) in [5.41, 5.74) is 7.01. The van der Waals surface area contributed by atoms with E-state index in [1.807, 2.05) is 0 Å². The van der Waals surface area contributed by atoms with Gasteiger partial charge in [0.1, 0.15) is 11.0 Å². The van der Waals surface area contributed by atoms with E-state index in [0.717, 1.165) is 6.07 Å². The van der Waals surface area contributed by atoms with Crippen molar-refractivity contribution in [2.24, 2.45) is 16.0 Å². The summed E-state index contributed by atoms with van der Waals surface area (Å²) >= 11 is 5.67. The van der Waals surface area contributed by atoms with Crippen LogP contribution in [0.3, 0.4) is 0 Å². The fourth-order valence-corrected chi connectivity index (χ4v) is 2.03. The number of primary sulfonamides is 1. The molecule has 0 radical (unpaired) electrons. The molecular weight excluding hydrogens is 292 g/mol. The van der Waals surface area contributed by atoms with Crippen molar-refractivity contribution in [1.82, 2.24) is 0 Å². The molecule has 100 valence electrons. The van der Waals surface area contributed by atoms with Crippen molar-refractivity contribution in [1.29, 1.82) is 10.7 Å². The van der Waals surface area contributed by atoms with E-state index in [1.165, 1.54) is 12.1 Å². The maximum absolute atomic E-state index is 11.4. The number of hydrogen-bond acceptors (Lipinski definition) is 6. The van der Waals surface area contributed by atoms with Gasteiger partial charge in [-0.1, -0.05) is 11.6 Å². The molecular formula is C9H9ClN6O2S. The van der Waals surface area contributed by atoms with Crippen LogP contribution in [0.15, 0.2) is 28.2 Å². The number of nitrogens with zero attached hydrogens (tertiary/aromatic N) is 2. The molecule has 10 heteroatoms. The van der Waals surface area contributed by atoms with Gasteiger partial charge in [0.25, 0.3) is 0 Å². The van der Waals surface area contributed by atoms with E-state index in [4.69, 9.17) is 33.1 Å². The number of benzene rings is 1. The lowest BCUT2D eigenvalue weighted by Crippen LogP contribution is -2.22. The van der Waals surface area contributed by atoms with E-state index in [0.29, 0.717) is 0 Å². The third-order valence-corrected chi connectivity index (χ3v) is 3.09. The molecule has 0 spiro atoms. The predicted molar refractivity (Wildman–Crippen MR) is 71.4 cm³/mol. The lowest BCUT2D eigenvalue weighted by Gasteiger charge is -2.07. The molecule has 0 aliphatic carbocycles. The normalized spacial score (nSPS) is 11.7. The minimum atomic E-state index is -4.01. The molecule has 0 amide bonds. The minimum Gasteiger partial charge on any atom is -0.382 e. The average Bonchev–Trinajstić information content (AvgIpc) is 2.29. The summed E-state index contributed by atoms with van der Waals surface area (Å²) in [6.07, 6.45) is 0. The van der Waals surface area contributed by atoms with Crippen molar-refractivity contribution >= 4 is 38.9 Å². The first-order chi connectivity index (χ1) is 8.75. The minimum absolute atomic E-state index is 0.0147. The van der Waals surface area contributed by atoms with Crippen LogP contribution in [0.25, 0.3) is 0 Å². The largest absolute Gasteiger partial charge is 0.382 e. The SMILES string of the molecule is N#C/C(=N\Nc1ccc(Cl)cc1S(N)(=O)=O)C(=N)N. The maximum Gasteiger partial charge on any atom is 0.240 e. The van der Waals surface area contributed by atoms with Crippen LogP contribution in [0.2, 0.25) is 5.02 Å². The van der Waals surface area contributed by atoms with Crippen LogP contribution in [0.4, 0.5) is 5.69 Å². The number of nitrogens with one attached hydrogen (secondary N) is 2. The second-order valence-electron chi connectivity index (χ2n) is 3.28. The van der Waals surface area contributed by atoms with Crippen LogP contribution in [0.5, 0.6) is 0 Å². The van der Waals surface area contributed by atoms with Gasteiger partial charge in [-0.2, -0.15) is 10.4 Å². The van der Waals surface area contributed by atoms with E-state index in [1.54, 1.807) is 6.07 Å². The number of amidine groups is 1. The zero-order chi connectivity index (χ0) is 14.6. The zero-order valence-electron chi connectivity index (χ0n) is 9.38. The Hall–Kier alpha value is -2.15. The second kappa shape index (κ2) is 5.66. The van der Waals surface area contributed by atoms with Gasteiger partial charge in [0.2, 0.25) is 15.7 Å². The Labute approximate surface area is 114 Å². The number of nitrogens with two attached hydrogens (primary N) is 2. The highest BCUT2D eigenvalue weighted by Gasteiger charge is 2.14. The molecule has 0 bridgehead atoms. The highest BCUT2D eigenvalue weighted by atomic mass is 35.5. The van der Waals surface area contributed by atoms with E-state index in [9.17, 15) is 8.42 Å². The van der Waals surface area contributed by atoms with Gasteiger partial charge in [-0.05, 0) is 18.2 Å². The molecule has 1 rings (SSSR count). The summed E-state index contributed by atoms with van der Waals surface area (Å²) in [5, 5.41) is 24.4. The first-order valence-corrected chi connectivity index (χ1v) is 6.58. The summed E-state index contributed by atoms with van der Waals surface area (Å²) < 4.78 is 22.7. The number of rotatable bonds is 4. The standard InChI is InChI=1S/C9H9ClN6O2S/c10-5-1-2-6(8(3-5)19(14,17)18)15-16-7(4-11)9(12)13/h1-3,15H,(H3,12,13)(H2,14,17,18)/b16-7+. The monoisotopic (exact) mass is 300 g/mol. The first kappa shape index (κ1) is 14.9. The Morgan fingerprint density at radius 2 is 2.16 bits per heavy atom. The Kier molecular flexibility index (Phi) is 4.44. The van der Waals surface area contributed by atoms with Crippen LogP contribution in [0, 0.1) is 16.7 Å². The quantitative estimate of drug-likeness (QED) is 0.355. The van der Waals surface area contributed by atoms with Gasteiger partial charge >= 0.3 is 0 Å². The van der Waals surface area contributed by atoms with Crippen molar-refractivity contribution in [3.05, 3.63) is 23.2 Å². The number of halogens is 1. The summed E-state index contributed by atoms with van der Waals surface area (Å²) in [4.78, 5) is -0.287. The number of nitriles is 1. The molecule has 0 aliphatic heterocycles. The second-order valence-corrected chi connectivity index (χ2v) is 5.25. The highest BCUT2D eigenvalue weighted by Crippen LogP contribution is 2.24. The van der Waals surface area contributed by atoms with Gasteiger partial charge in [0.05, 0.1) is 5.69 Å². The summed E-state index contributed by atoms with van der Waals surface area (Å²) in [5.74, 6) is -0.555. The van der Waals surface area contributed by atoms with Crippen LogP contribution in [0.1, 0.15) is 0 Å². The Morgan fingerprint density at radius 3 is 2.63 bits per heavy atom. The van der Waals surface area contributed by atoms with E-state index >= 15 is 0 Å². The van der Waals surface area contributed by atoms with E-state index in [2.05, 4.69) is 10.5 Å². The van der Waals surface area contributed by atoms with Crippen LogP contribution >= 0.6 is 11.6 Å². The van der Waals surface area contributed by atoms with Crippen molar-refractivity contribution in [3.8, 4) is 6.07 Å². The third kappa shape index (κ3) is 3.92. The van der Waals surface area contributed by atoms with Gasteiger partial charge < -0.3 is 5.73 Å². The predicted octanol–water partition coefficient (Wildman–Crippen LogP) is 0.215. The van der Waals surface area contributed by atoms with Crippen LogP contribution in [-0.2, 0) is 10.0 Å². The number of hydrogen-bond donors (Lipinski definition) is 4. The molecule has 6 N–H and O–H groups in total. The van der Waals surface area contributed by atoms with Gasteiger partial charge in [-0.15, -0.1) is 0 Å². The summed E-state index contributed by atoms with van der Waals surface area (Å²) in [6.45, 7) is 0. The molecule has 0 saturated heterocycles. The molecule has 0 atom stereocenters. The van der Waals surface area contributed by atoms with Gasteiger partial charge in [-0.25, -0.2) is 13.6 Å². The third-order valence-electron chi connectivity index (χ3n) is 1.90. The fourth-order valence-electron chi connectivity index (χ4n) is 1.09. The number of anilines is 1. The molecule has 19 heavy (non-hydrogen) atoms. The average molecular weight is 301 g/mol. The Balaban J connectivity index is 3.24. The van der Waals surface area contributed by atoms with Crippen molar-refractivity contribution in [2.45, 2.75) is 4.90 Å². The molecule has 0 heterocycles. The summed E-state index contributed by atoms with van der Waals surface area (Å²) in [7, 11) is -4.01. The smallest absolute Gasteiger partial charge is 0.240 e. The van der Waals surface area contributed by atoms with E-state index < -0.39 is 21.6 Å². The fraction of sp³-hybridized carbons (Fsp3) is 0. The lowest BCUT2D eigenvalue weighted by atomic mass is 10.3. The maximum atomic E-state index is 11.4. The Morgan fingerprint density at radius 1 is 1.53 bits per heavy atom. The lowest BCUT2D eigenvalue weighted by molar-refractivity contribution is 0.598. The number of hydrazone groups is 1. The van der Waals surface area contributed by atoms with Crippen LogP contribution in [-0.4, -0.2) is 20.0 Å². The highest BCUT2D eigenvalue weighted by molar-refractivity contribution is 7.89. The van der Waals surface area contributed by atoms with Crippen molar-refractivity contribution in [2.75, 3.05) is 5.43 Å². The summed E-state index contributed by atoms with van der Waals surface area (Å²) in [6, 6.07) is 5.44. The van der Waals surface area contributed by atoms with Gasteiger partial charge in [0.15, 0.2) is 5.84 Å². The molecule has 1 aromatic carbocycles. The zero-order valence-corrected chi connectivity index (χ0v) is 11.0. The van der Waals surface area contributed by atoms with Gasteiger partial charge in [-0.3, -0.25) is 10.8 Å². The molecule has 0 aliphatic rings. The first-order valence-electron chi connectivity index (χ1n) is 4.66. The molecule has 0 fully saturated rings. The molecule has 0 unspecified atom stereocenters. The molecule has 0 aromatic heterocycles. The number of sulfonamides is 1. The topological polar surface area (TPSA) is 158 Å². The molecule has 1 aromatic rings. The molecule has 8 nitrogen and oxygen atoms in total. The van der Waals surface area contributed by atoms with E-state index in [-0.39, 0.29) is 15.6 Å². The Bertz CT molecular complexity index is 691.